The fraction of sp³-hybridized carbons (Fsp3) is 0.308. The Kier molecular flexibility index (Phi) is 3.84. The zero-order valence-electron chi connectivity index (χ0n) is 9.98. The van der Waals surface area contributed by atoms with Crippen molar-refractivity contribution in [3.63, 3.8) is 0 Å². The van der Waals surface area contributed by atoms with Crippen LogP contribution >= 0.6 is 15.9 Å². The van der Waals surface area contributed by atoms with Gasteiger partial charge in [0.2, 0.25) is 0 Å². The average Bonchev–Trinajstić information content (AvgIpc) is 2.69. The maximum absolute atomic E-state index is 5.70. The van der Waals surface area contributed by atoms with Crippen molar-refractivity contribution in [1.82, 2.24) is 9.78 Å². The van der Waals surface area contributed by atoms with E-state index in [-0.39, 0.29) is 0 Å². The van der Waals surface area contributed by atoms with Gasteiger partial charge in [0.15, 0.2) is 0 Å². The van der Waals surface area contributed by atoms with E-state index in [1.165, 1.54) is 0 Å². The first-order valence-corrected chi connectivity index (χ1v) is 6.38. The van der Waals surface area contributed by atoms with Gasteiger partial charge in [0.05, 0.1) is 11.4 Å². The Morgan fingerprint density at radius 3 is 2.59 bits per heavy atom. The summed E-state index contributed by atoms with van der Waals surface area (Å²) in [6, 6.07) is 9.91. The van der Waals surface area contributed by atoms with Gasteiger partial charge in [-0.1, -0.05) is 22.9 Å². The zero-order chi connectivity index (χ0) is 12.3. The van der Waals surface area contributed by atoms with Gasteiger partial charge in [0, 0.05) is 11.5 Å². The lowest BCUT2D eigenvalue weighted by molar-refractivity contribution is 0.295. The summed E-state index contributed by atoms with van der Waals surface area (Å²) in [5.74, 6) is 0.868. The molecule has 2 rings (SSSR count). The Labute approximate surface area is 110 Å². The maximum atomic E-state index is 5.70. The van der Waals surface area contributed by atoms with Gasteiger partial charge in [0.25, 0.3) is 0 Å². The highest BCUT2D eigenvalue weighted by molar-refractivity contribution is 9.10. The van der Waals surface area contributed by atoms with E-state index in [1.54, 1.807) is 0 Å². The molecule has 2 aromatic rings. The molecule has 1 aromatic heterocycles. The number of ether oxygens (including phenoxy) is 1. The second-order valence-electron chi connectivity index (χ2n) is 3.85. The van der Waals surface area contributed by atoms with Crippen LogP contribution in [0.25, 0.3) is 0 Å². The monoisotopic (exact) mass is 294 g/mol. The standard InChI is InChI=1S/C13H15BrN2O/c1-3-11-8-12(16(2)15-11)9-17-13-6-4-10(14)5-7-13/h4-8H,3,9H2,1-2H3. The predicted molar refractivity (Wildman–Crippen MR) is 71.1 cm³/mol. The number of aryl methyl sites for hydroxylation is 2. The van der Waals surface area contributed by atoms with E-state index in [0.29, 0.717) is 6.61 Å². The molecular weight excluding hydrogens is 280 g/mol. The SMILES string of the molecule is CCc1cc(COc2ccc(Br)cc2)n(C)n1. The molecule has 1 heterocycles. The van der Waals surface area contributed by atoms with Gasteiger partial charge in [-0.05, 0) is 36.8 Å². The third kappa shape index (κ3) is 3.09. The quantitative estimate of drug-likeness (QED) is 0.865. The van der Waals surface area contributed by atoms with Crippen molar-refractivity contribution in [2.24, 2.45) is 7.05 Å². The second kappa shape index (κ2) is 5.36. The minimum atomic E-state index is 0.547. The number of hydrogen-bond donors (Lipinski definition) is 0. The van der Waals surface area contributed by atoms with Crippen LogP contribution < -0.4 is 4.74 Å². The summed E-state index contributed by atoms with van der Waals surface area (Å²) in [5.41, 5.74) is 2.19. The molecule has 0 unspecified atom stereocenters. The first-order valence-electron chi connectivity index (χ1n) is 5.59. The molecule has 4 heteroatoms. The van der Waals surface area contributed by atoms with Crippen LogP contribution in [0.4, 0.5) is 0 Å². The van der Waals surface area contributed by atoms with E-state index < -0.39 is 0 Å². The van der Waals surface area contributed by atoms with Crippen LogP contribution in [0.15, 0.2) is 34.8 Å². The molecule has 0 radical (unpaired) electrons. The summed E-state index contributed by atoms with van der Waals surface area (Å²) in [5, 5.41) is 4.38. The zero-order valence-corrected chi connectivity index (χ0v) is 11.6. The summed E-state index contributed by atoms with van der Waals surface area (Å²) in [4.78, 5) is 0. The minimum absolute atomic E-state index is 0.547. The third-order valence-corrected chi connectivity index (χ3v) is 3.12. The third-order valence-electron chi connectivity index (χ3n) is 2.59. The van der Waals surface area contributed by atoms with Gasteiger partial charge in [-0.3, -0.25) is 4.68 Å². The number of aromatic nitrogens is 2. The van der Waals surface area contributed by atoms with Crippen LogP contribution in [0.2, 0.25) is 0 Å². The largest absolute Gasteiger partial charge is 0.487 e. The van der Waals surface area contributed by atoms with Crippen LogP contribution in [0.1, 0.15) is 18.3 Å². The van der Waals surface area contributed by atoms with Crippen molar-refractivity contribution >= 4 is 15.9 Å². The topological polar surface area (TPSA) is 27.1 Å². The van der Waals surface area contributed by atoms with Crippen LogP contribution in [-0.4, -0.2) is 9.78 Å². The minimum Gasteiger partial charge on any atom is -0.487 e. The van der Waals surface area contributed by atoms with Crippen molar-refractivity contribution in [2.75, 3.05) is 0 Å². The average molecular weight is 295 g/mol. The van der Waals surface area contributed by atoms with E-state index in [1.807, 2.05) is 36.0 Å². The van der Waals surface area contributed by atoms with Crippen LogP contribution in [0.3, 0.4) is 0 Å². The van der Waals surface area contributed by atoms with Gasteiger partial charge in [-0.15, -0.1) is 0 Å². The number of nitrogens with zero attached hydrogens (tertiary/aromatic N) is 2. The van der Waals surface area contributed by atoms with E-state index in [9.17, 15) is 0 Å². The molecule has 0 bridgehead atoms. The summed E-state index contributed by atoms with van der Waals surface area (Å²) in [6.45, 7) is 2.65. The van der Waals surface area contributed by atoms with Gasteiger partial charge in [0.1, 0.15) is 12.4 Å². The fourth-order valence-corrected chi connectivity index (χ4v) is 1.83. The van der Waals surface area contributed by atoms with E-state index in [2.05, 4.69) is 34.0 Å². The second-order valence-corrected chi connectivity index (χ2v) is 4.76. The smallest absolute Gasteiger partial charge is 0.130 e. The van der Waals surface area contributed by atoms with Crippen molar-refractivity contribution in [1.29, 1.82) is 0 Å². The molecule has 0 atom stereocenters. The molecule has 0 N–H and O–H groups in total. The van der Waals surface area contributed by atoms with Gasteiger partial charge in [-0.25, -0.2) is 0 Å². The van der Waals surface area contributed by atoms with Gasteiger partial charge >= 0.3 is 0 Å². The van der Waals surface area contributed by atoms with Crippen LogP contribution in [0.5, 0.6) is 5.75 Å². The summed E-state index contributed by atoms with van der Waals surface area (Å²) < 4.78 is 8.63. The normalized spacial score (nSPS) is 10.5. The Bertz CT molecular complexity index is 491. The van der Waals surface area contributed by atoms with Crippen molar-refractivity contribution < 1.29 is 4.74 Å². The molecule has 0 spiro atoms. The lowest BCUT2D eigenvalue weighted by Crippen LogP contribution is -2.02. The lowest BCUT2D eigenvalue weighted by atomic mass is 10.3. The van der Waals surface area contributed by atoms with E-state index >= 15 is 0 Å². The van der Waals surface area contributed by atoms with Crippen LogP contribution in [0, 0.1) is 0 Å². The predicted octanol–water partition coefficient (Wildman–Crippen LogP) is 3.32. The number of benzene rings is 1. The molecule has 0 saturated heterocycles. The van der Waals surface area contributed by atoms with E-state index in [4.69, 9.17) is 4.74 Å². The molecule has 0 saturated carbocycles. The Morgan fingerprint density at radius 2 is 2.00 bits per heavy atom. The van der Waals surface area contributed by atoms with Crippen LogP contribution in [-0.2, 0) is 20.1 Å². The summed E-state index contributed by atoms with van der Waals surface area (Å²) >= 11 is 3.40. The molecule has 0 amide bonds. The van der Waals surface area contributed by atoms with Gasteiger partial charge in [-0.2, -0.15) is 5.10 Å². The van der Waals surface area contributed by atoms with Crippen molar-refractivity contribution in [3.05, 3.63) is 46.2 Å². The van der Waals surface area contributed by atoms with E-state index in [0.717, 1.165) is 28.0 Å². The Balaban J connectivity index is 2.01. The molecule has 1 aromatic carbocycles. The molecular formula is C13H15BrN2O. The van der Waals surface area contributed by atoms with Crippen molar-refractivity contribution in [3.8, 4) is 5.75 Å². The number of rotatable bonds is 4. The Hall–Kier alpha value is -1.29. The molecule has 90 valence electrons. The highest BCUT2D eigenvalue weighted by Crippen LogP contribution is 2.17. The lowest BCUT2D eigenvalue weighted by Gasteiger charge is -2.06. The molecule has 17 heavy (non-hydrogen) atoms. The molecule has 0 aliphatic heterocycles. The Morgan fingerprint density at radius 1 is 1.29 bits per heavy atom. The van der Waals surface area contributed by atoms with Crippen molar-refractivity contribution in [2.45, 2.75) is 20.0 Å². The number of halogens is 1. The number of hydrogen-bond acceptors (Lipinski definition) is 2. The first kappa shape index (κ1) is 12.2. The highest BCUT2D eigenvalue weighted by Gasteiger charge is 2.04. The molecule has 0 aliphatic carbocycles. The first-order chi connectivity index (χ1) is 8.19. The molecule has 3 nitrogen and oxygen atoms in total. The summed E-state index contributed by atoms with van der Waals surface area (Å²) in [7, 11) is 1.94. The fourth-order valence-electron chi connectivity index (χ4n) is 1.57. The maximum Gasteiger partial charge on any atom is 0.130 e. The highest BCUT2D eigenvalue weighted by atomic mass is 79.9. The molecule has 0 fully saturated rings. The van der Waals surface area contributed by atoms with Gasteiger partial charge < -0.3 is 4.74 Å². The summed E-state index contributed by atoms with van der Waals surface area (Å²) in [6.07, 6.45) is 0.951. The molecule has 0 aliphatic rings.